The van der Waals surface area contributed by atoms with Crippen LogP contribution in [0.1, 0.15) is 29.9 Å². The van der Waals surface area contributed by atoms with E-state index in [-0.39, 0.29) is 0 Å². The van der Waals surface area contributed by atoms with Crippen LogP contribution in [0.2, 0.25) is 0 Å². The van der Waals surface area contributed by atoms with Gasteiger partial charge < -0.3 is 15.4 Å². The van der Waals surface area contributed by atoms with E-state index in [0.717, 1.165) is 75.2 Å². The minimum absolute atomic E-state index is 0.310. The number of nitrogen functional groups attached to an aromatic ring is 1. The number of nitrogens with zero attached hydrogens (tertiary/aromatic N) is 8. The van der Waals surface area contributed by atoms with Crippen LogP contribution in [0.5, 0.6) is 5.75 Å². The lowest BCUT2D eigenvalue weighted by Crippen LogP contribution is -2.47. The van der Waals surface area contributed by atoms with Crippen molar-refractivity contribution in [2.24, 2.45) is 5.92 Å². The van der Waals surface area contributed by atoms with E-state index in [0.29, 0.717) is 22.9 Å². The molecule has 2 aliphatic heterocycles. The molecule has 10 nitrogen and oxygen atoms in total. The van der Waals surface area contributed by atoms with Crippen LogP contribution in [0.15, 0.2) is 30.3 Å². The Morgan fingerprint density at radius 2 is 1.84 bits per heavy atom. The number of hydrogen-bond acceptors (Lipinski definition) is 9. The van der Waals surface area contributed by atoms with Crippen LogP contribution < -0.4 is 15.4 Å². The molecule has 3 aromatic heterocycles. The lowest BCUT2D eigenvalue weighted by molar-refractivity contribution is 0.247. The number of para-hydroxylation sites is 1. The van der Waals surface area contributed by atoms with Gasteiger partial charge in [-0.1, -0.05) is 12.1 Å². The zero-order chi connectivity index (χ0) is 24.9. The Bertz CT molecular complexity index is 1460. The number of nitrogens with two attached hydrogens (primary N) is 1. The van der Waals surface area contributed by atoms with E-state index in [1.165, 1.54) is 30.6 Å². The predicted octanol–water partition coefficient (Wildman–Crippen LogP) is 2.35. The minimum atomic E-state index is 0.310. The maximum Gasteiger partial charge on any atom is 0.223 e. The molecule has 10 heteroatoms. The number of piperazine rings is 1. The Morgan fingerprint density at radius 3 is 2.65 bits per heavy atom. The number of rotatable bonds is 7. The molecule has 1 aromatic carbocycles. The Hall–Kier alpha value is -3.50. The molecule has 0 radical (unpaired) electrons. The fraction of sp³-hybridized carbons (Fsp3) is 0.481. The van der Waals surface area contributed by atoms with E-state index >= 15 is 0 Å². The predicted molar refractivity (Wildman–Crippen MR) is 143 cm³/mol. The zero-order valence-electron chi connectivity index (χ0n) is 21.3. The van der Waals surface area contributed by atoms with E-state index in [2.05, 4.69) is 36.9 Å². The molecule has 5 heterocycles. The highest BCUT2D eigenvalue weighted by Gasteiger charge is 2.27. The van der Waals surface area contributed by atoms with E-state index in [1.54, 1.807) is 11.6 Å². The van der Waals surface area contributed by atoms with Crippen molar-refractivity contribution in [1.82, 2.24) is 34.4 Å². The third kappa shape index (κ3) is 4.34. The van der Waals surface area contributed by atoms with Gasteiger partial charge >= 0.3 is 0 Å². The first kappa shape index (κ1) is 22.7. The lowest BCUT2D eigenvalue weighted by Gasteiger charge is -2.35. The topological polar surface area (TPSA) is 101 Å². The largest absolute Gasteiger partial charge is 0.494 e. The number of benzene rings is 1. The van der Waals surface area contributed by atoms with Gasteiger partial charge in [-0.25, -0.2) is 15.0 Å². The van der Waals surface area contributed by atoms with Gasteiger partial charge in [0.2, 0.25) is 5.95 Å². The van der Waals surface area contributed by atoms with Crippen molar-refractivity contribution in [3.63, 3.8) is 0 Å². The van der Waals surface area contributed by atoms with Gasteiger partial charge in [-0.2, -0.15) is 4.52 Å². The second kappa shape index (κ2) is 9.11. The van der Waals surface area contributed by atoms with Crippen molar-refractivity contribution in [1.29, 1.82) is 0 Å². The maximum atomic E-state index is 6.21. The fourth-order valence-corrected chi connectivity index (χ4v) is 5.67. The monoisotopic (exact) mass is 499 g/mol. The van der Waals surface area contributed by atoms with Gasteiger partial charge in [-0.15, -0.1) is 5.10 Å². The van der Waals surface area contributed by atoms with Gasteiger partial charge in [-0.3, -0.25) is 9.80 Å². The second-order valence-corrected chi connectivity index (χ2v) is 10.6. The summed E-state index contributed by atoms with van der Waals surface area (Å²) in [6, 6.07) is 10.3. The quantitative estimate of drug-likeness (QED) is 0.411. The van der Waals surface area contributed by atoms with Gasteiger partial charge in [0, 0.05) is 64.2 Å². The second-order valence-electron chi connectivity index (χ2n) is 10.6. The van der Waals surface area contributed by atoms with E-state index in [9.17, 15) is 0 Å². The molecule has 3 aliphatic rings. The van der Waals surface area contributed by atoms with Crippen LogP contribution in [0.3, 0.4) is 0 Å². The SMILES string of the molecule is COc1cccc2c1nc(N)n1nc(CCN3Cc4ccc(N5CCN(CC6CC6)CC5)nc4C3)nc21. The molecule has 4 aromatic rings. The molecular weight excluding hydrogens is 466 g/mol. The van der Waals surface area contributed by atoms with E-state index < -0.39 is 0 Å². The molecule has 0 atom stereocenters. The summed E-state index contributed by atoms with van der Waals surface area (Å²) in [5.41, 5.74) is 10.2. The summed E-state index contributed by atoms with van der Waals surface area (Å²) in [6.07, 6.45) is 3.58. The number of fused-ring (bicyclic) bond motifs is 4. The van der Waals surface area contributed by atoms with Crippen molar-refractivity contribution in [3.05, 3.63) is 47.4 Å². The smallest absolute Gasteiger partial charge is 0.223 e. The summed E-state index contributed by atoms with van der Waals surface area (Å²) in [4.78, 5) is 21.9. The zero-order valence-corrected chi connectivity index (χ0v) is 21.3. The summed E-state index contributed by atoms with van der Waals surface area (Å²) in [7, 11) is 1.63. The van der Waals surface area contributed by atoms with Crippen molar-refractivity contribution >= 4 is 28.3 Å². The Balaban J connectivity index is 1.01. The van der Waals surface area contributed by atoms with Gasteiger partial charge in [0.1, 0.15) is 17.1 Å². The van der Waals surface area contributed by atoms with Crippen LogP contribution in [0.4, 0.5) is 11.8 Å². The Morgan fingerprint density at radius 1 is 0.973 bits per heavy atom. The van der Waals surface area contributed by atoms with Crippen molar-refractivity contribution in [2.45, 2.75) is 32.4 Å². The highest BCUT2D eigenvalue weighted by atomic mass is 16.5. The van der Waals surface area contributed by atoms with E-state index in [4.69, 9.17) is 20.4 Å². The molecule has 2 N–H and O–H groups in total. The number of hydrogen-bond donors (Lipinski definition) is 1. The molecule has 0 amide bonds. The van der Waals surface area contributed by atoms with Crippen LogP contribution in [0.25, 0.3) is 16.6 Å². The van der Waals surface area contributed by atoms with Crippen molar-refractivity contribution in [2.75, 3.05) is 57.0 Å². The summed E-state index contributed by atoms with van der Waals surface area (Å²) >= 11 is 0. The first-order valence-corrected chi connectivity index (χ1v) is 13.3. The third-order valence-corrected chi connectivity index (χ3v) is 7.94. The van der Waals surface area contributed by atoms with Gasteiger partial charge in [0.05, 0.1) is 12.8 Å². The van der Waals surface area contributed by atoms with Crippen molar-refractivity contribution < 1.29 is 4.74 Å². The first-order valence-electron chi connectivity index (χ1n) is 13.3. The normalized spacial score (nSPS) is 18.7. The number of ether oxygens (including phenoxy) is 1. The first-order chi connectivity index (χ1) is 18.1. The highest BCUT2D eigenvalue weighted by Crippen LogP contribution is 2.31. The van der Waals surface area contributed by atoms with Crippen LogP contribution in [-0.4, -0.2) is 80.7 Å². The lowest BCUT2D eigenvalue weighted by atomic mass is 10.2. The van der Waals surface area contributed by atoms with Gasteiger partial charge in [0.15, 0.2) is 11.5 Å². The molecule has 0 unspecified atom stereocenters. The van der Waals surface area contributed by atoms with Gasteiger partial charge in [-0.05, 0) is 42.5 Å². The molecule has 37 heavy (non-hydrogen) atoms. The van der Waals surface area contributed by atoms with Crippen molar-refractivity contribution in [3.8, 4) is 5.75 Å². The summed E-state index contributed by atoms with van der Waals surface area (Å²) in [6.45, 7) is 8.36. The molecule has 0 spiro atoms. The molecule has 192 valence electrons. The number of anilines is 2. The number of aromatic nitrogens is 5. The van der Waals surface area contributed by atoms with Crippen LogP contribution in [-0.2, 0) is 19.5 Å². The van der Waals surface area contributed by atoms with Crippen LogP contribution >= 0.6 is 0 Å². The molecule has 1 saturated carbocycles. The summed E-state index contributed by atoms with van der Waals surface area (Å²) < 4.78 is 7.09. The molecule has 1 saturated heterocycles. The molecule has 7 rings (SSSR count). The minimum Gasteiger partial charge on any atom is -0.494 e. The molecule has 2 fully saturated rings. The standard InChI is InChI=1S/C27H33N9O/c1-37-22-4-2-3-20-25(22)31-27(28)36-26(20)30-23(32-36)9-10-34-16-19-7-8-24(29-21(19)17-34)35-13-11-33(12-14-35)15-18-5-6-18/h2-4,7-8,18H,5-6,9-17H2,1H3,(H2,28,31). The third-order valence-electron chi connectivity index (χ3n) is 7.94. The average molecular weight is 500 g/mol. The average Bonchev–Trinajstić information content (AvgIpc) is 3.46. The number of pyridine rings is 1. The van der Waals surface area contributed by atoms with Gasteiger partial charge in [0.25, 0.3) is 0 Å². The molecule has 1 aliphatic carbocycles. The number of methoxy groups -OCH3 is 1. The molecular formula is C27H33N9O. The Kier molecular flexibility index (Phi) is 5.58. The summed E-state index contributed by atoms with van der Waals surface area (Å²) in [5.74, 6) is 3.84. The maximum absolute atomic E-state index is 6.21. The van der Waals surface area contributed by atoms with Crippen LogP contribution in [0, 0.1) is 5.92 Å². The fourth-order valence-electron chi connectivity index (χ4n) is 5.67. The highest BCUT2D eigenvalue weighted by molar-refractivity contribution is 5.95. The molecule has 0 bridgehead atoms. The Labute approximate surface area is 216 Å². The van der Waals surface area contributed by atoms with E-state index in [1.807, 2.05) is 18.2 Å². The summed E-state index contributed by atoms with van der Waals surface area (Å²) in [5, 5.41) is 5.54.